The van der Waals surface area contributed by atoms with Gasteiger partial charge in [-0.05, 0) is 46.7 Å². The molecule has 0 spiro atoms. The average Bonchev–Trinajstić information content (AvgIpc) is 3.08. The predicted molar refractivity (Wildman–Crippen MR) is 123 cm³/mol. The highest BCUT2D eigenvalue weighted by Gasteiger charge is 2.39. The lowest BCUT2D eigenvalue weighted by atomic mass is 9.87. The standard InChI is InChI=1S/C25H28N4O4/c1-25(2,3)17-6-8-18(9-7-17)27-24(33)26-13-15-4-5-16-14-29(23(32)19(16)12-15)20-10-11-21(30)28-22(20)31/h4-9,12,20H,10-11,13-14H2,1-3H3,(H2,26,27,33)(H,28,30,31). The number of anilines is 1. The van der Waals surface area contributed by atoms with Crippen molar-refractivity contribution in [2.45, 2.75) is 58.2 Å². The summed E-state index contributed by atoms with van der Waals surface area (Å²) in [5.74, 6) is -0.969. The van der Waals surface area contributed by atoms with Crippen molar-refractivity contribution in [3.05, 3.63) is 64.7 Å². The highest BCUT2D eigenvalue weighted by Crippen LogP contribution is 2.28. The van der Waals surface area contributed by atoms with E-state index in [9.17, 15) is 19.2 Å². The van der Waals surface area contributed by atoms with Crippen LogP contribution in [0.5, 0.6) is 0 Å². The van der Waals surface area contributed by atoms with Gasteiger partial charge in [0.15, 0.2) is 0 Å². The first-order valence-corrected chi connectivity index (χ1v) is 11.0. The SMILES string of the molecule is CC(C)(C)c1ccc(NC(=O)NCc2ccc3c(c2)C(=O)N(C2CCC(=O)NC2=O)C3)cc1. The molecule has 2 heterocycles. The smallest absolute Gasteiger partial charge is 0.319 e. The maximum Gasteiger partial charge on any atom is 0.319 e. The molecule has 1 atom stereocenters. The van der Waals surface area contributed by atoms with Crippen molar-refractivity contribution in [2.75, 3.05) is 5.32 Å². The van der Waals surface area contributed by atoms with E-state index in [0.29, 0.717) is 24.2 Å². The van der Waals surface area contributed by atoms with Crippen LogP contribution in [0.15, 0.2) is 42.5 Å². The molecule has 0 aromatic heterocycles. The normalized spacial score (nSPS) is 18.1. The third-order valence-electron chi connectivity index (χ3n) is 6.05. The topological polar surface area (TPSA) is 108 Å². The molecular formula is C25H28N4O4. The third kappa shape index (κ3) is 4.89. The van der Waals surface area contributed by atoms with Crippen LogP contribution in [-0.2, 0) is 28.1 Å². The molecule has 0 bridgehead atoms. The fourth-order valence-electron chi connectivity index (χ4n) is 4.12. The van der Waals surface area contributed by atoms with Crippen LogP contribution in [0.2, 0.25) is 0 Å². The number of carbonyl (C=O) groups excluding carboxylic acids is 4. The first-order valence-electron chi connectivity index (χ1n) is 11.0. The minimum atomic E-state index is -0.639. The number of nitrogens with one attached hydrogen (secondary N) is 3. The summed E-state index contributed by atoms with van der Waals surface area (Å²) in [6.07, 6.45) is 0.551. The van der Waals surface area contributed by atoms with E-state index >= 15 is 0 Å². The van der Waals surface area contributed by atoms with E-state index in [0.717, 1.165) is 11.1 Å². The first-order chi connectivity index (χ1) is 15.6. The molecule has 172 valence electrons. The Balaban J connectivity index is 1.35. The Morgan fingerprint density at radius 3 is 2.48 bits per heavy atom. The van der Waals surface area contributed by atoms with Crippen LogP contribution in [0.1, 0.15) is 60.7 Å². The number of imide groups is 1. The maximum absolute atomic E-state index is 12.9. The van der Waals surface area contributed by atoms with E-state index in [1.54, 1.807) is 6.07 Å². The van der Waals surface area contributed by atoms with Gasteiger partial charge in [-0.3, -0.25) is 19.7 Å². The molecule has 4 rings (SSSR count). The zero-order chi connectivity index (χ0) is 23.8. The molecule has 2 aromatic carbocycles. The molecule has 33 heavy (non-hydrogen) atoms. The van der Waals surface area contributed by atoms with Crippen molar-refractivity contribution >= 4 is 29.4 Å². The van der Waals surface area contributed by atoms with Gasteiger partial charge in [0, 0.05) is 30.8 Å². The van der Waals surface area contributed by atoms with Gasteiger partial charge in [-0.2, -0.15) is 0 Å². The summed E-state index contributed by atoms with van der Waals surface area (Å²) in [4.78, 5) is 50.3. The number of hydrogen-bond donors (Lipinski definition) is 3. The monoisotopic (exact) mass is 448 g/mol. The van der Waals surface area contributed by atoms with Crippen molar-refractivity contribution < 1.29 is 19.2 Å². The number of hydrogen-bond acceptors (Lipinski definition) is 4. The summed E-state index contributed by atoms with van der Waals surface area (Å²) in [6.45, 7) is 6.98. The summed E-state index contributed by atoms with van der Waals surface area (Å²) in [6, 6.07) is 12.2. The molecular weight excluding hydrogens is 420 g/mol. The molecule has 5 amide bonds. The number of nitrogens with zero attached hydrogens (tertiary/aromatic N) is 1. The highest BCUT2D eigenvalue weighted by molar-refractivity contribution is 6.05. The van der Waals surface area contributed by atoms with E-state index in [2.05, 4.69) is 36.7 Å². The highest BCUT2D eigenvalue weighted by atomic mass is 16.2. The zero-order valence-corrected chi connectivity index (χ0v) is 19.0. The lowest BCUT2D eigenvalue weighted by Gasteiger charge is -2.29. The second-order valence-corrected chi connectivity index (χ2v) is 9.53. The van der Waals surface area contributed by atoms with E-state index in [-0.39, 0.29) is 36.2 Å². The van der Waals surface area contributed by atoms with Crippen LogP contribution in [0.25, 0.3) is 0 Å². The number of rotatable bonds is 4. The van der Waals surface area contributed by atoms with Crippen LogP contribution in [-0.4, -0.2) is 34.7 Å². The van der Waals surface area contributed by atoms with Gasteiger partial charge in [0.05, 0.1) is 0 Å². The minimum absolute atomic E-state index is 0.0413. The molecule has 0 saturated carbocycles. The zero-order valence-electron chi connectivity index (χ0n) is 19.0. The lowest BCUT2D eigenvalue weighted by Crippen LogP contribution is -2.52. The fraction of sp³-hybridized carbons (Fsp3) is 0.360. The Kier molecular flexibility index (Phi) is 5.93. The molecule has 3 N–H and O–H groups in total. The third-order valence-corrected chi connectivity index (χ3v) is 6.05. The number of carbonyl (C=O) groups is 4. The van der Waals surface area contributed by atoms with Crippen LogP contribution in [0.3, 0.4) is 0 Å². The number of benzene rings is 2. The second kappa shape index (κ2) is 8.69. The molecule has 1 unspecified atom stereocenters. The van der Waals surface area contributed by atoms with Crippen molar-refractivity contribution in [3.8, 4) is 0 Å². The van der Waals surface area contributed by atoms with Gasteiger partial charge in [-0.1, -0.05) is 45.0 Å². The first kappa shape index (κ1) is 22.5. The number of fused-ring (bicyclic) bond motifs is 1. The largest absolute Gasteiger partial charge is 0.334 e. The molecule has 8 nitrogen and oxygen atoms in total. The summed E-state index contributed by atoms with van der Waals surface area (Å²) in [7, 11) is 0. The Morgan fingerprint density at radius 2 is 1.82 bits per heavy atom. The van der Waals surface area contributed by atoms with Gasteiger partial charge < -0.3 is 15.5 Å². The maximum atomic E-state index is 12.9. The Morgan fingerprint density at radius 1 is 1.09 bits per heavy atom. The Bertz CT molecular complexity index is 1120. The van der Waals surface area contributed by atoms with Crippen LogP contribution < -0.4 is 16.0 Å². The van der Waals surface area contributed by atoms with Gasteiger partial charge >= 0.3 is 6.03 Å². The summed E-state index contributed by atoms with van der Waals surface area (Å²) >= 11 is 0. The predicted octanol–water partition coefficient (Wildman–Crippen LogP) is 3.07. The van der Waals surface area contributed by atoms with E-state index < -0.39 is 11.9 Å². The molecule has 0 aliphatic carbocycles. The molecule has 2 aliphatic heterocycles. The summed E-state index contributed by atoms with van der Waals surface area (Å²) < 4.78 is 0. The molecule has 2 aromatic rings. The molecule has 8 heteroatoms. The minimum Gasteiger partial charge on any atom is -0.334 e. The fourth-order valence-corrected chi connectivity index (χ4v) is 4.12. The second-order valence-electron chi connectivity index (χ2n) is 9.53. The van der Waals surface area contributed by atoms with E-state index in [1.165, 1.54) is 10.5 Å². The lowest BCUT2D eigenvalue weighted by molar-refractivity contribution is -0.136. The Labute approximate surface area is 192 Å². The quantitative estimate of drug-likeness (QED) is 0.625. The average molecular weight is 449 g/mol. The van der Waals surface area contributed by atoms with Crippen LogP contribution >= 0.6 is 0 Å². The van der Waals surface area contributed by atoms with Gasteiger partial charge in [-0.15, -0.1) is 0 Å². The Hall–Kier alpha value is -3.68. The van der Waals surface area contributed by atoms with Gasteiger partial charge in [0.25, 0.3) is 5.91 Å². The van der Waals surface area contributed by atoms with E-state index in [4.69, 9.17) is 0 Å². The van der Waals surface area contributed by atoms with Crippen molar-refractivity contribution in [2.24, 2.45) is 0 Å². The number of piperidine rings is 1. The van der Waals surface area contributed by atoms with Gasteiger partial charge in [-0.25, -0.2) is 4.79 Å². The number of amides is 5. The van der Waals surface area contributed by atoms with Crippen molar-refractivity contribution in [1.29, 1.82) is 0 Å². The molecule has 2 aliphatic rings. The van der Waals surface area contributed by atoms with Crippen molar-refractivity contribution in [1.82, 2.24) is 15.5 Å². The summed E-state index contributed by atoms with van der Waals surface area (Å²) in [5.41, 5.74) is 4.06. The molecule has 1 saturated heterocycles. The van der Waals surface area contributed by atoms with Crippen LogP contribution in [0, 0.1) is 0 Å². The van der Waals surface area contributed by atoms with Crippen molar-refractivity contribution in [3.63, 3.8) is 0 Å². The van der Waals surface area contributed by atoms with Gasteiger partial charge in [0.2, 0.25) is 11.8 Å². The van der Waals surface area contributed by atoms with Gasteiger partial charge in [0.1, 0.15) is 6.04 Å². The summed E-state index contributed by atoms with van der Waals surface area (Å²) in [5, 5.41) is 7.92. The number of urea groups is 1. The van der Waals surface area contributed by atoms with E-state index in [1.807, 2.05) is 36.4 Å². The molecule has 0 radical (unpaired) electrons. The molecule has 1 fully saturated rings. The van der Waals surface area contributed by atoms with Crippen LogP contribution in [0.4, 0.5) is 10.5 Å².